The zero-order valence-electron chi connectivity index (χ0n) is 28.8. The van der Waals surface area contributed by atoms with Gasteiger partial charge in [-0.15, -0.1) is 0 Å². The molecule has 1 fully saturated rings. The monoisotopic (exact) mass is 795 g/mol. The van der Waals surface area contributed by atoms with Crippen molar-refractivity contribution in [2.45, 2.75) is 81.3 Å². The second-order valence-corrected chi connectivity index (χ2v) is 16.0. The van der Waals surface area contributed by atoms with Gasteiger partial charge in [-0.05, 0) is 120 Å². The van der Waals surface area contributed by atoms with E-state index in [0.29, 0.717) is 30.4 Å². The normalized spacial score (nSPS) is 15.1. The van der Waals surface area contributed by atoms with Gasteiger partial charge in [0.2, 0.25) is 15.9 Å². The third kappa shape index (κ3) is 11.0. The number of carbonyl (C=O) groups excluding carboxylic acids is 2. The topological polar surface area (TPSA) is 125 Å². The molecule has 3 N–H and O–H groups in total. The Bertz CT molecular complexity index is 1680. The van der Waals surface area contributed by atoms with Crippen LogP contribution in [0.25, 0.3) is 0 Å². The summed E-state index contributed by atoms with van der Waals surface area (Å²) >= 11 is 3.06. The van der Waals surface area contributed by atoms with Crippen molar-refractivity contribution in [1.82, 2.24) is 14.9 Å². The minimum absolute atomic E-state index is 0.126. The number of methoxy groups -OCH3 is 1. The molecule has 4 rings (SSSR count). The number of hydrogen-bond donors (Lipinski definition) is 3. The summed E-state index contributed by atoms with van der Waals surface area (Å²) in [6.45, 7) is 3.58. The molecular weight excluding hydrogens is 751 g/mol. The first-order valence-electron chi connectivity index (χ1n) is 17.0. The molecule has 0 unspecified atom stereocenters. The van der Waals surface area contributed by atoms with E-state index in [1.54, 1.807) is 0 Å². The number of hydrogen-bond acceptors (Lipinski definition) is 6. The Balaban J connectivity index is 1.55. The average Bonchev–Trinajstić information content (AvgIpc) is 3.95. The van der Waals surface area contributed by atoms with Crippen LogP contribution in [0.2, 0.25) is 0 Å². The second-order valence-electron chi connectivity index (χ2n) is 13.3. The molecule has 0 aromatic heterocycles. The van der Waals surface area contributed by atoms with Crippen molar-refractivity contribution in [2.75, 3.05) is 20.3 Å². The van der Waals surface area contributed by atoms with Crippen LogP contribution in [0, 0.1) is 29.3 Å². The van der Waals surface area contributed by atoms with E-state index in [4.69, 9.17) is 4.74 Å². The molecule has 1 aliphatic carbocycles. The Kier molecular flexibility index (Phi) is 14.5. The molecule has 1 saturated carbocycles. The quantitative estimate of drug-likeness (QED) is 0.129. The van der Waals surface area contributed by atoms with E-state index >= 15 is 0 Å². The van der Waals surface area contributed by atoms with Crippen molar-refractivity contribution < 1.29 is 41.0 Å². The van der Waals surface area contributed by atoms with Crippen molar-refractivity contribution in [1.29, 1.82) is 0 Å². The fourth-order valence-electron chi connectivity index (χ4n) is 6.16. The van der Waals surface area contributed by atoms with Gasteiger partial charge in [-0.25, -0.2) is 26.4 Å². The van der Waals surface area contributed by atoms with Gasteiger partial charge in [-0.1, -0.05) is 38.1 Å². The van der Waals surface area contributed by atoms with E-state index in [9.17, 15) is 36.3 Å². The van der Waals surface area contributed by atoms with Gasteiger partial charge >= 0.3 is 6.09 Å². The standard InChI is InChI=1S/C37H45BrF3N3O6S/c1-23(2)19-20-44(51(48,49)30-17-18-31(38)32(41)21-30)29(22-45)5-4-6-33(24-7-8-24)42-36(46)35(43-37(47)50-3)34(25-9-13-27(39)14-10-25)26-11-15-28(40)16-12-26/h9-18,21,23-24,29,33-35,45H,4-8,19-20,22H2,1-3H3,(H,42,46)(H,43,47)/t29-,33+,35-/m0/s1. The summed E-state index contributed by atoms with van der Waals surface area (Å²) in [6.07, 6.45) is 2.51. The summed E-state index contributed by atoms with van der Waals surface area (Å²) < 4.78 is 76.0. The van der Waals surface area contributed by atoms with Crippen LogP contribution in [-0.2, 0) is 19.6 Å². The molecule has 3 aromatic rings. The molecule has 0 spiro atoms. The molecule has 2 amide bonds. The zero-order valence-corrected chi connectivity index (χ0v) is 31.2. The Labute approximate surface area is 306 Å². The number of rotatable bonds is 18. The molecular formula is C37H45BrF3N3O6S. The lowest BCUT2D eigenvalue weighted by Crippen LogP contribution is -2.53. The second kappa shape index (κ2) is 18.3. The highest BCUT2D eigenvalue weighted by Gasteiger charge is 2.38. The largest absolute Gasteiger partial charge is 0.453 e. The van der Waals surface area contributed by atoms with Crippen LogP contribution >= 0.6 is 15.9 Å². The number of aliphatic hydroxyl groups is 1. The molecule has 278 valence electrons. The van der Waals surface area contributed by atoms with Crippen molar-refractivity contribution in [3.63, 3.8) is 0 Å². The zero-order chi connectivity index (χ0) is 37.3. The van der Waals surface area contributed by atoms with Gasteiger partial charge in [-0.2, -0.15) is 4.31 Å². The number of carbonyl (C=O) groups is 2. The summed E-state index contributed by atoms with van der Waals surface area (Å²) in [4.78, 5) is 26.5. The third-order valence-corrected chi connectivity index (χ3v) is 11.7. The minimum atomic E-state index is -4.17. The number of nitrogens with zero attached hydrogens (tertiary/aromatic N) is 1. The molecule has 9 nitrogen and oxygen atoms in total. The van der Waals surface area contributed by atoms with E-state index in [0.717, 1.165) is 26.0 Å². The van der Waals surface area contributed by atoms with Crippen molar-refractivity contribution in [2.24, 2.45) is 11.8 Å². The van der Waals surface area contributed by atoms with Crippen molar-refractivity contribution >= 4 is 38.0 Å². The van der Waals surface area contributed by atoms with Gasteiger partial charge in [0.1, 0.15) is 23.5 Å². The van der Waals surface area contributed by atoms with E-state index in [1.165, 1.54) is 65.0 Å². The average molecular weight is 797 g/mol. The number of alkyl carbamates (subject to hydrolysis) is 1. The lowest BCUT2D eigenvalue weighted by atomic mass is 9.84. The highest BCUT2D eigenvalue weighted by molar-refractivity contribution is 9.10. The van der Waals surface area contributed by atoms with Crippen LogP contribution in [-0.4, -0.2) is 68.2 Å². The molecule has 51 heavy (non-hydrogen) atoms. The van der Waals surface area contributed by atoms with Gasteiger partial charge in [-0.3, -0.25) is 4.79 Å². The fraction of sp³-hybridized carbons (Fsp3) is 0.459. The summed E-state index contributed by atoms with van der Waals surface area (Å²) in [5, 5.41) is 16.1. The molecule has 0 aliphatic heterocycles. The fourth-order valence-corrected chi connectivity index (χ4v) is 8.08. The number of aliphatic hydroxyl groups excluding tert-OH is 1. The van der Waals surface area contributed by atoms with Gasteiger partial charge in [0.15, 0.2) is 0 Å². The molecule has 14 heteroatoms. The number of benzene rings is 3. The van der Waals surface area contributed by atoms with Crippen LogP contribution in [0.1, 0.15) is 69.4 Å². The van der Waals surface area contributed by atoms with Gasteiger partial charge in [0.05, 0.1) is 23.1 Å². The number of sulfonamides is 1. The predicted molar refractivity (Wildman–Crippen MR) is 191 cm³/mol. The summed E-state index contributed by atoms with van der Waals surface area (Å²) in [5.74, 6) is -2.77. The van der Waals surface area contributed by atoms with E-state index in [2.05, 4.69) is 26.6 Å². The summed E-state index contributed by atoms with van der Waals surface area (Å²) in [7, 11) is -3.01. The summed E-state index contributed by atoms with van der Waals surface area (Å²) in [5.41, 5.74) is 1.00. The number of amides is 2. The summed E-state index contributed by atoms with van der Waals surface area (Å²) in [6, 6.07) is 12.2. The highest BCUT2D eigenvalue weighted by atomic mass is 79.9. The van der Waals surface area contributed by atoms with E-state index in [-0.39, 0.29) is 40.2 Å². The Morgan fingerprint density at radius 1 is 0.922 bits per heavy atom. The molecule has 1 aliphatic rings. The van der Waals surface area contributed by atoms with Crippen molar-refractivity contribution in [3.8, 4) is 0 Å². The minimum Gasteiger partial charge on any atom is -0.453 e. The maximum absolute atomic E-state index is 14.4. The first kappa shape index (κ1) is 40.3. The van der Waals surface area contributed by atoms with Crippen molar-refractivity contribution in [3.05, 3.63) is 99.8 Å². The molecule has 0 bridgehead atoms. The molecule has 0 saturated heterocycles. The lowest BCUT2D eigenvalue weighted by molar-refractivity contribution is -0.124. The number of ether oxygens (including phenoxy) is 1. The number of halogens is 4. The molecule has 3 atom stereocenters. The van der Waals surface area contributed by atoms with E-state index < -0.39 is 64.1 Å². The third-order valence-electron chi connectivity index (χ3n) is 9.15. The van der Waals surface area contributed by atoms with Crippen LogP contribution < -0.4 is 10.6 Å². The van der Waals surface area contributed by atoms with Crippen LogP contribution in [0.4, 0.5) is 18.0 Å². The Morgan fingerprint density at radius 2 is 1.51 bits per heavy atom. The first-order chi connectivity index (χ1) is 24.2. The Morgan fingerprint density at radius 3 is 2.00 bits per heavy atom. The van der Waals surface area contributed by atoms with Crippen LogP contribution in [0.3, 0.4) is 0 Å². The predicted octanol–water partition coefficient (Wildman–Crippen LogP) is 6.89. The highest BCUT2D eigenvalue weighted by Crippen LogP contribution is 2.36. The Hall–Kier alpha value is -3.46. The SMILES string of the molecule is COC(=O)N[C@H](C(=O)N[C@H](CCC[C@@H](CO)N(CCC(C)C)S(=O)(=O)c1ccc(Br)c(F)c1)C1CC1)C(c1ccc(F)cc1)c1ccc(F)cc1. The molecule has 0 radical (unpaired) electrons. The van der Waals surface area contributed by atoms with Gasteiger partial charge < -0.3 is 20.5 Å². The maximum Gasteiger partial charge on any atom is 0.407 e. The van der Waals surface area contributed by atoms with Crippen LogP contribution in [0.5, 0.6) is 0 Å². The lowest BCUT2D eigenvalue weighted by Gasteiger charge is -2.32. The first-order valence-corrected chi connectivity index (χ1v) is 19.2. The molecule has 0 heterocycles. The number of nitrogens with one attached hydrogen (secondary N) is 2. The molecule has 3 aromatic carbocycles. The van der Waals surface area contributed by atoms with Gasteiger partial charge in [0, 0.05) is 24.5 Å². The smallest absolute Gasteiger partial charge is 0.407 e. The van der Waals surface area contributed by atoms with Gasteiger partial charge in [0.25, 0.3) is 0 Å². The maximum atomic E-state index is 14.4. The van der Waals surface area contributed by atoms with E-state index in [1.807, 2.05) is 13.8 Å². The van der Waals surface area contributed by atoms with Crippen LogP contribution in [0.15, 0.2) is 76.1 Å².